The zero-order valence-corrected chi connectivity index (χ0v) is 10.8. The molecule has 0 radical (unpaired) electrons. The molecule has 0 atom stereocenters. The van der Waals surface area contributed by atoms with Crippen molar-refractivity contribution in [2.45, 2.75) is 26.7 Å². The second-order valence-electron chi connectivity index (χ2n) is 4.15. The van der Waals surface area contributed by atoms with Crippen LogP contribution in [-0.2, 0) is 0 Å². The molecule has 0 aliphatic rings. The summed E-state index contributed by atoms with van der Waals surface area (Å²) in [6, 6.07) is 6.23. The van der Waals surface area contributed by atoms with E-state index >= 15 is 0 Å². The van der Waals surface area contributed by atoms with Gasteiger partial charge in [0.15, 0.2) is 0 Å². The molecule has 0 saturated heterocycles. The van der Waals surface area contributed by atoms with Crippen LogP contribution in [0.1, 0.15) is 30.9 Å². The van der Waals surface area contributed by atoms with Crippen molar-refractivity contribution in [1.29, 1.82) is 0 Å². The number of rotatable bonds is 1. The number of fused-ring (bicyclic) bond motifs is 1. The van der Waals surface area contributed by atoms with Crippen molar-refractivity contribution in [2.24, 2.45) is 0 Å². The number of nitrogens with zero attached hydrogens (tertiary/aromatic N) is 1. The second kappa shape index (κ2) is 3.93. The van der Waals surface area contributed by atoms with E-state index in [-0.39, 0.29) is 0 Å². The van der Waals surface area contributed by atoms with Crippen LogP contribution in [-0.4, -0.2) is 4.98 Å². The van der Waals surface area contributed by atoms with Crippen LogP contribution in [0.5, 0.6) is 0 Å². The van der Waals surface area contributed by atoms with Gasteiger partial charge in [-0.25, -0.2) is 0 Å². The van der Waals surface area contributed by atoms with Crippen LogP contribution in [0.3, 0.4) is 0 Å². The van der Waals surface area contributed by atoms with Crippen molar-refractivity contribution >= 4 is 26.8 Å². The molecular formula is C13H14BrN. The Morgan fingerprint density at radius 1 is 1.27 bits per heavy atom. The van der Waals surface area contributed by atoms with Gasteiger partial charge < -0.3 is 0 Å². The predicted octanol–water partition coefficient (Wildman–Crippen LogP) is 4.43. The van der Waals surface area contributed by atoms with Crippen LogP contribution in [0.2, 0.25) is 0 Å². The van der Waals surface area contributed by atoms with E-state index in [0.29, 0.717) is 5.92 Å². The molecule has 0 amide bonds. The van der Waals surface area contributed by atoms with Crippen molar-refractivity contribution in [3.05, 3.63) is 40.0 Å². The van der Waals surface area contributed by atoms with E-state index in [2.05, 4.69) is 53.8 Å². The summed E-state index contributed by atoms with van der Waals surface area (Å²) in [5.74, 6) is 0.529. The third kappa shape index (κ3) is 1.91. The van der Waals surface area contributed by atoms with Crippen molar-refractivity contribution in [2.75, 3.05) is 0 Å². The molecule has 2 heteroatoms. The normalized spacial score (nSPS) is 11.3. The Morgan fingerprint density at radius 2 is 2.00 bits per heavy atom. The van der Waals surface area contributed by atoms with Crippen LogP contribution < -0.4 is 0 Å². The monoisotopic (exact) mass is 263 g/mol. The highest BCUT2D eigenvalue weighted by atomic mass is 79.9. The summed E-state index contributed by atoms with van der Waals surface area (Å²) in [5, 5.41) is 1.25. The lowest BCUT2D eigenvalue weighted by atomic mass is 9.97. The van der Waals surface area contributed by atoms with Gasteiger partial charge in [-0.05, 0) is 42.2 Å². The first kappa shape index (κ1) is 10.6. The zero-order chi connectivity index (χ0) is 11.0. The summed E-state index contributed by atoms with van der Waals surface area (Å²) < 4.78 is 1.11. The molecule has 78 valence electrons. The van der Waals surface area contributed by atoms with E-state index in [0.717, 1.165) is 9.99 Å². The molecule has 2 aromatic rings. The van der Waals surface area contributed by atoms with Gasteiger partial charge in [0, 0.05) is 16.1 Å². The van der Waals surface area contributed by atoms with Crippen LogP contribution in [0.15, 0.2) is 28.9 Å². The number of hydrogen-bond acceptors (Lipinski definition) is 1. The fraction of sp³-hybridized carbons (Fsp3) is 0.308. The van der Waals surface area contributed by atoms with E-state index in [9.17, 15) is 0 Å². The molecule has 15 heavy (non-hydrogen) atoms. The van der Waals surface area contributed by atoms with Crippen LogP contribution >= 0.6 is 15.9 Å². The van der Waals surface area contributed by atoms with Crippen LogP contribution in [0.25, 0.3) is 10.9 Å². The first-order valence-electron chi connectivity index (χ1n) is 5.14. The minimum atomic E-state index is 0.529. The highest BCUT2D eigenvalue weighted by Gasteiger charge is 2.07. The molecule has 1 aromatic heterocycles. The number of aryl methyl sites for hydroxylation is 1. The Bertz CT molecular complexity index is 503. The molecule has 0 aliphatic heterocycles. The summed E-state index contributed by atoms with van der Waals surface area (Å²) in [6.45, 7) is 6.58. The summed E-state index contributed by atoms with van der Waals surface area (Å²) in [4.78, 5) is 4.48. The van der Waals surface area contributed by atoms with Gasteiger partial charge in [-0.2, -0.15) is 0 Å². The van der Waals surface area contributed by atoms with E-state index < -0.39 is 0 Å². The van der Waals surface area contributed by atoms with Gasteiger partial charge in [-0.1, -0.05) is 29.8 Å². The standard InChI is InChI=1S/C13H14BrN/c1-8(2)12-7-15-13-5-4-10(14)6-11(13)9(12)3/h4-8H,1-3H3. The average molecular weight is 264 g/mol. The maximum Gasteiger partial charge on any atom is 0.0705 e. The minimum absolute atomic E-state index is 0.529. The van der Waals surface area contributed by atoms with E-state index in [1.54, 1.807) is 0 Å². The molecule has 0 unspecified atom stereocenters. The maximum atomic E-state index is 4.48. The molecule has 1 heterocycles. The molecule has 2 rings (SSSR count). The molecule has 0 aliphatic carbocycles. The molecule has 1 nitrogen and oxygen atoms in total. The maximum absolute atomic E-state index is 4.48. The summed E-state index contributed by atoms with van der Waals surface area (Å²) in [6.07, 6.45) is 2.00. The van der Waals surface area contributed by atoms with Gasteiger partial charge in [0.05, 0.1) is 5.52 Å². The fourth-order valence-corrected chi connectivity index (χ4v) is 2.26. The van der Waals surface area contributed by atoms with E-state index in [1.165, 1.54) is 16.5 Å². The number of pyridine rings is 1. The third-order valence-electron chi connectivity index (χ3n) is 2.76. The van der Waals surface area contributed by atoms with Gasteiger partial charge in [-0.15, -0.1) is 0 Å². The number of aromatic nitrogens is 1. The zero-order valence-electron chi connectivity index (χ0n) is 9.21. The highest BCUT2D eigenvalue weighted by Crippen LogP contribution is 2.27. The molecule has 0 bridgehead atoms. The second-order valence-corrected chi connectivity index (χ2v) is 5.07. The van der Waals surface area contributed by atoms with E-state index in [4.69, 9.17) is 0 Å². The Hall–Kier alpha value is -0.890. The SMILES string of the molecule is Cc1c(C(C)C)cnc2ccc(Br)cc12. The first-order chi connectivity index (χ1) is 7.09. The van der Waals surface area contributed by atoms with Gasteiger partial charge >= 0.3 is 0 Å². The number of hydrogen-bond donors (Lipinski definition) is 0. The van der Waals surface area contributed by atoms with Crippen molar-refractivity contribution in [3.8, 4) is 0 Å². The summed E-state index contributed by atoms with van der Waals surface area (Å²) in [5.41, 5.74) is 3.75. The number of benzene rings is 1. The topological polar surface area (TPSA) is 12.9 Å². The summed E-state index contributed by atoms with van der Waals surface area (Å²) >= 11 is 3.50. The number of halogens is 1. The lowest BCUT2D eigenvalue weighted by molar-refractivity contribution is 0.852. The Balaban J connectivity index is 2.77. The molecule has 0 saturated carbocycles. The molecule has 0 spiro atoms. The minimum Gasteiger partial charge on any atom is -0.256 e. The molecule has 0 fully saturated rings. The van der Waals surface area contributed by atoms with Crippen LogP contribution in [0.4, 0.5) is 0 Å². The van der Waals surface area contributed by atoms with Crippen molar-refractivity contribution < 1.29 is 0 Å². The Labute approximate surface area is 98.7 Å². The molecular weight excluding hydrogens is 250 g/mol. The van der Waals surface area contributed by atoms with Gasteiger partial charge in [-0.3, -0.25) is 4.98 Å². The highest BCUT2D eigenvalue weighted by molar-refractivity contribution is 9.10. The average Bonchev–Trinajstić information content (AvgIpc) is 2.19. The van der Waals surface area contributed by atoms with Crippen LogP contribution in [0, 0.1) is 6.92 Å². The van der Waals surface area contributed by atoms with Gasteiger partial charge in [0.1, 0.15) is 0 Å². The molecule has 0 N–H and O–H groups in total. The lowest BCUT2D eigenvalue weighted by Gasteiger charge is -2.11. The lowest BCUT2D eigenvalue weighted by Crippen LogP contribution is -1.95. The predicted molar refractivity (Wildman–Crippen MR) is 68.3 cm³/mol. The van der Waals surface area contributed by atoms with Gasteiger partial charge in [0.2, 0.25) is 0 Å². The van der Waals surface area contributed by atoms with Gasteiger partial charge in [0.25, 0.3) is 0 Å². The Kier molecular flexibility index (Phi) is 2.79. The summed E-state index contributed by atoms with van der Waals surface area (Å²) in [7, 11) is 0. The smallest absolute Gasteiger partial charge is 0.0705 e. The quantitative estimate of drug-likeness (QED) is 0.742. The molecule has 1 aromatic carbocycles. The third-order valence-corrected chi connectivity index (χ3v) is 3.25. The fourth-order valence-electron chi connectivity index (χ4n) is 1.89. The van der Waals surface area contributed by atoms with E-state index in [1.807, 2.05) is 12.3 Å². The largest absolute Gasteiger partial charge is 0.256 e. The first-order valence-corrected chi connectivity index (χ1v) is 5.93. The Morgan fingerprint density at radius 3 is 2.67 bits per heavy atom. The van der Waals surface area contributed by atoms with Crippen molar-refractivity contribution in [3.63, 3.8) is 0 Å². The van der Waals surface area contributed by atoms with Crippen molar-refractivity contribution in [1.82, 2.24) is 4.98 Å².